The van der Waals surface area contributed by atoms with E-state index in [2.05, 4.69) is 78.3 Å². The van der Waals surface area contributed by atoms with E-state index in [0.717, 1.165) is 6.08 Å². The summed E-state index contributed by atoms with van der Waals surface area (Å²) in [5.74, 6) is -4.33. The number of aliphatic imine (C=N–C) groups is 1. The van der Waals surface area contributed by atoms with Crippen molar-refractivity contribution in [1.82, 2.24) is 9.97 Å². The number of nitrogens with zero attached hydrogens (tertiary/aromatic N) is 6. The van der Waals surface area contributed by atoms with Gasteiger partial charge in [-0.3, -0.25) is 19.6 Å². The first kappa shape index (κ1) is 29.4. The number of thiocarbonyl (C=S) groups is 3. The molecule has 0 radical (unpaired) electrons. The van der Waals surface area contributed by atoms with Crippen LogP contribution in [0.2, 0.25) is 0 Å². The third kappa shape index (κ3) is 7.81. The van der Waals surface area contributed by atoms with Crippen molar-refractivity contribution >= 4 is 81.5 Å². The molecule has 37 heavy (non-hydrogen) atoms. The molecule has 189 valence electrons. The summed E-state index contributed by atoms with van der Waals surface area (Å²) in [4.78, 5) is 47.3. The molecule has 0 aromatic carbocycles. The van der Waals surface area contributed by atoms with E-state index in [1.807, 2.05) is 0 Å². The zero-order valence-electron chi connectivity index (χ0n) is 18.2. The van der Waals surface area contributed by atoms with Gasteiger partial charge in [0.15, 0.2) is 5.41 Å². The molecule has 1 aliphatic heterocycles. The summed E-state index contributed by atoms with van der Waals surface area (Å²) in [5, 5.41) is 34.8. The molecule has 0 fully saturated rings. The van der Waals surface area contributed by atoms with E-state index in [-0.39, 0.29) is 22.7 Å². The van der Waals surface area contributed by atoms with Crippen LogP contribution in [0.4, 0.5) is 0 Å². The van der Waals surface area contributed by atoms with E-state index in [9.17, 15) is 24.6 Å². The average molecular weight is 643 g/mol. The second kappa shape index (κ2) is 14.0. The van der Waals surface area contributed by atoms with E-state index in [0.29, 0.717) is 5.69 Å². The molecular weight excluding hydrogens is 630 g/mol. The Morgan fingerprint density at radius 3 is 1.97 bits per heavy atom. The van der Waals surface area contributed by atoms with Gasteiger partial charge in [-0.05, 0) is 30.3 Å². The molecule has 0 unspecified atom stereocenters. The molecule has 0 saturated carbocycles. The SMILES string of the molecule is O=C(O)c1ccnc(C2=CC(C(=O)O)(C(=O)O)CC(c3ccccn3)=N2)c1.S=C=[N][Ru]([N]=C=S)[N]=C=S. The molecule has 3 rings (SSSR count). The molecule has 2 aromatic rings. The quantitative estimate of drug-likeness (QED) is 0.166. The van der Waals surface area contributed by atoms with Crippen LogP contribution in [0.5, 0.6) is 0 Å². The zero-order valence-corrected chi connectivity index (χ0v) is 22.3. The number of rotatable bonds is 8. The van der Waals surface area contributed by atoms with Crippen molar-refractivity contribution in [2.24, 2.45) is 21.6 Å². The van der Waals surface area contributed by atoms with Crippen molar-refractivity contribution in [1.29, 1.82) is 0 Å². The number of carboxylic acid groups (broad SMARTS) is 3. The first-order valence-electron chi connectivity index (χ1n) is 9.47. The molecule has 16 heteroatoms. The Morgan fingerprint density at radius 1 is 0.892 bits per heavy atom. The number of carboxylic acids is 3. The maximum atomic E-state index is 11.8. The molecule has 2 aromatic heterocycles. The van der Waals surface area contributed by atoms with E-state index in [1.54, 1.807) is 18.2 Å². The van der Waals surface area contributed by atoms with E-state index in [1.165, 1.54) is 24.5 Å². The van der Waals surface area contributed by atoms with Crippen LogP contribution in [0, 0.1) is 5.41 Å². The summed E-state index contributed by atoms with van der Waals surface area (Å²) < 4.78 is 10.9. The standard InChI is InChI=1S/C18H13N3O6.3CNS.Ru/c22-15(23)10-4-6-20-12(7-10)14-9-18(16(24)25,17(26)27)8-13(21-14)11-3-1-2-5-19-11;3*2-1-3;/h1-7,9H,8H2,(H,22,23)(H,24,25)(H,26,27);;;;/q;3*-1;+3. The topological polar surface area (TPSA) is 187 Å². The Labute approximate surface area is 230 Å². The van der Waals surface area contributed by atoms with Gasteiger partial charge in [-0.25, -0.2) is 9.79 Å². The number of aliphatic carboxylic acids is 2. The summed E-state index contributed by atoms with van der Waals surface area (Å²) in [6.45, 7) is 0. The Kier molecular flexibility index (Phi) is 11.1. The molecule has 1 aliphatic rings. The van der Waals surface area contributed by atoms with Crippen LogP contribution in [0.25, 0.3) is 5.70 Å². The number of isothiocyanates is 3. The fourth-order valence-corrected chi connectivity index (χ4v) is 4.50. The molecule has 12 nitrogen and oxygen atoms in total. The van der Waals surface area contributed by atoms with Crippen LogP contribution in [-0.2, 0) is 26.3 Å². The number of aromatic carboxylic acids is 1. The Morgan fingerprint density at radius 2 is 1.49 bits per heavy atom. The number of hydrogen-bond acceptors (Lipinski definition) is 12. The molecule has 0 aliphatic carbocycles. The molecule has 0 amide bonds. The van der Waals surface area contributed by atoms with Gasteiger partial charge in [0.1, 0.15) is 0 Å². The summed E-state index contributed by atoms with van der Waals surface area (Å²) in [6, 6.07) is 7.36. The van der Waals surface area contributed by atoms with Gasteiger partial charge in [0.05, 0.1) is 28.4 Å². The molecule has 0 spiro atoms. The molecule has 0 saturated heterocycles. The van der Waals surface area contributed by atoms with E-state index in [4.69, 9.17) is 5.11 Å². The summed E-state index contributed by atoms with van der Waals surface area (Å²) >= 11 is 11.0. The summed E-state index contributed by atoms with van der Waals surface area (Å²) in [7, 11) is 0. The van der Waals surface area contributed by atoms with Crippen molar-refractivity contribution in [2.45, 2.75) is 6.42 Å². The van der Waals surface area contributed by atoms with Crippen molar-refractivity contribution in [3.05, 3.63) is 65.8 Å². The number of aromatic nitrogens is 2. The first-order valence-corrected chi connectivity index (χ1v) is 13.0. The second-order valence-electron chi connectivity index (χ2n) is 6.52. The van der Waals surface area contributed by atoms with Gasteiger partial charge < -0.3 is 15.3 Å². The Hall–Kier alpha value is -3.86. The monoisotopic (exact) mass is 643 g/mol. The fraction of sp³-hybridized carbons (Fsp3) is 0.0952. The minimum atomic E-state index is -2.27. The summed E-state index contributed by atoms with van der Waals surface area (Å²) in [6.07, 6.45) is 3.28. The average Bonchev–Trinajstić information content (AvgIpc) is 2.89. The van der Waals surface area contributed by atoms with Gasteiger partial charge >= 0.3 is 97.9 Å². The molecule has 3 heterocycles. The number of hydrogen-bond donors (Lipinski definition) is 3. The number of carbonyl (C=O) groups is 3. The van der Waals surface area contributed by atoms with Gasteiger partial charge in [0, 0.05) is 18.8 Å². The molecular formula is C21H13N6O6RuS3. The Bertz CT molecular complexity index is 1370. The van der Waals surface area contributed by atoms with Gasteiger partial charge in [-0.15, -0.1) is 0 Å². The van der Waals surface area contributed by atoms with Crippen LogP contribution in [0.15, 0.2) is 65.0 Å². The first-order chi connectivity index (χ1) is 17.7. The predicted molar refractivity (Wildman–Crippen MR) is 137 cm³/mol. The van der Waals surface area contributed by atoms with E-state index >= 15 is 0 Å². The van der Waals surface area contributed by atoms with Crippen LogP contribution < -0.4 is 0 Å². The van der Waals surface area contributed by atoms with Crippen LogP contribution >= 0.6 is 36.7 Å². The second-order valence-corrected chi connectivity index (χ2v) is 9.28. The normalized spacial score (nSPS) is 13.4. The van der Waals surface area contributed by atoms with Crippen LogP contribution in [-0.4, -0.2) is 64.4 Å². The summed E-state index contributed by atoms with van der Waals surface area (Å²) in [5.41, 5.74) is -1.88. The van der Waals surface area contributed by atoms with Gasteiger partial charge in [-0.1, -0.05) is 6.07 Å². The third-order valence-corrected chi connectivity index (χ3v) is 7.05. The van der Waals surface area contributed by atoms with Crippen LogP contribution in [0.3, 0.4) is 0 Å². The minimum absolute atomic E-state index is 0.0465. The molecule has 0 atom stereocenters. The van der Waals surface area contributed by atoms with Crippen molar-refractivity contribution in [3.63, 3.8) is 0 Å². The fourth-order valence-electron chi connectivity index (χ4n) is 2.79. The van der Waals surface area contributed by atoms with Gasteiger partial charge in [0.2, 0.25) is 0 Å². The maximum absolute atomic E-state index is 11.8. The Balaban J connectivity index is 0.000000410. The van der Waals surface area contributed by atoms with Gasteiger partial charge in [-0.2, -0.15) is 0 Å². The zero-order chi connectivity index (χ0) is 27.4. The van der Waals surface area contributed by atoms with Gasteiger partial charge in [0.25, 0.3) is 0 Å². The van der Waals surface area contributed by atoms with Crippen LogP contribution in [0.1, 0.15) is 28.2 Å². The third-order valence-electron chi connectivity index (χ3n) is 4.39. The number of pyridine rings is 2. The van der Waals surface area contributed by atoms with E-state index < -0.39 is 46.4 Å². The van der Waals surface area contributed by atoms with Crippen molar-refractivity contribution < 1.29 is 46.4 Å². The molecule has 3 N–H and O–H groups in total. The van der Waals surface area contributed by atoms with Crippen molar-refractivity contribution in [2.75, 3.05) is 0 Å². The molecule has 0 bridgehead atoms. The van der Waals surface area contributed by atoms with Crippen molar-refractivity contribution in [3.8, 4) is 0 Å². The predicted octanol–water partition coefficient (Wildman–Crippen LogP) is 3.22.